The van der Waals surface area contributed by atoms with Crippen molar-refractivity contribution >= 4 is 27.3 Å². The van der Waals surface area contributed by atoms with Crippen molar-refractivity contribution in [2.45, 2.75) is 51.5 Å². The number of nitro groups is 1. The average molecular weight is 341 g/mol. The van der Waals surface area contributed by atoms with Gasteiger partial charge in [-0.3, -0.25) is 10.1 Å². The van der Waals surface area contributed by atoms with Gasteiger partial charge in [-0.1, -0.05) is 26.2 Å². The van der Waals surface area contributed by atoms with Crippen LogP contribution >= 0.6 is 15.9 Å². The molecule has 20 heavy (non-hydrogen) atoms. The third-order valence-corrected chi connectivity index (χ3v) is 4.88. The van der Waals surface area contributed by atoms with Crippen LogP contribution in [0, 0.1) is 16.0 Å². The number of rotatable bonds is 4. The molecule has 0 bridgehead atoms. The van der Waals surface area contributed by atoms with Gasteiger partial charge >= 0.3 is 0 Å². The molecule has 1 aliphatic rings. The third kappa shape index (κ3) is 3.95. The van der Waals surface area contributed by atoms with E-state index in [9.17, 15) is 10.1 Å². The second kappa shape index (κ2) is 7.07. The zero-order valence-corrected chi connectivity index (χ0v) is 13.4. The van der Waals surface area contributed by atoms with Gasteiger partial charge in [0.25, 0.3) is 5.69 Å². The summed E-state index contributed by atoms with van der Waals surface area (Å²) >= 11 is 3.47. The van der Waals surface area contributed by atoms with Gasteiger partial charge in [0, 0.05) is 22.6 Å². The summed E-state index contributed by atoms with van der Waals surface area (Å²) in [5.74, 6) is 0.843. The molecule has 2 rings (SSSR count). The van der Waals surface area contributed by atoms with E-state index in [1.165, 1.54) is 31.7 Å². The topological polar surface area (TPSA) is 55.2 Å². The number of nitro benzene ring substituents is 1. The van der Waals surface area contributed by atoms with E-state index in [2.05, 4.69) is 28.2 Å². The first-order valence-corrected chi connectivity index (χ1v) is 8.10. The maximum atomic E-state index is 10.9. The molecule has 0 aromatic heterocycles. The number of hydrogen-bond acceptors (Lipinski definition) is 3. The molecule has 110 valence electrons. The number of non-ortho nitro benzene ring substituents is 1. The number of nitrogens with zero attached hydrogens (tertiary/aromatic N) is 1. The van der Waals surface area contributed by atoms with Crippen LogP contribution < -0.4 is 5.32 Å². The molecule has 0 heterocycles. The fourth-order valence-corrected chi connectivity index (χ4v) is 3.25. The van der Waals surface area contributed by atoms with E-state index in [0.717, 1.165) is 28.9 Å². The molecule has 1 aliphatic carbocycles. The molecule has 5 heteroatoms. The van der Waals surface area contributed by atoms with Gasteiger partial charge in [-0.25, -0.2) is 0 Å². The predicted molar refractivity (Wildman–Crippen MR) is 85.1 cm³/mol. The van der Waals surface area contributed by atoms with E-state index >= 15 is 0 Å². The van der Waals surface area contributed by atoms with Crippen LogP contribution in [0.2, 0.25) is 0 Å². The van der Waals surface area contributed by atoms with Crippen molar-refractivity contribution in [2.75, 3.05) is 5.32 Å². The average Bonchev–Trinajstić information content (AvgIpc) is 2.66. The molecule has 1 aromatic carbocycles. The smallest absolute Gasteiger partial charge is 0.271 e. The molecule has 0 spiro atoms. The zero-order chi connectivity index (χ0) is 14.5. The van der Waals surface area contributed by atoms with Crippen molar-refractivity contribution in [3.8, 4) is 0 Å². The lowest BCUT2D eigenvalue weighted by molar-refractivity contribution is -0.384. The Labute approximate surface area is 128 Å². The quantitative estimate of drug-likeness (QED) is 0.469. The SMILES string of the molecule is CCC1CCCC(Nc2cc([N+](=O)[O-])ccc2Br)CC1. The van der Waals surface area contributed by atoms with Crippen molar-refractivity contribution in [3.05, 3.63) is 32.8 Å². The Balaban J connectivity index is 2.05. The van der Waals surface area contributed by atoms with E-state index in [1.807, 2.05) is 0 Å². The molecule has 1 fully saturated rings. The maximum absolute atomic E-state index is 10.9. The minimum absolute atomic E-state index is 0.135. The summed E-state index contributed by atoms with van der Waals surface area (Å²) in [6, 6.07) is 5.30. The highest BCUT2D eigenvalue weighted by Gasteiger charge is 2.19. The van der Waals surface area contributed by atoms with Gasteiger partial charge in [-0.15, -0.1) is 0 Å². The number of anilines is 1. The van der Waals surface area contributed by atoms with Crippen molar-refractivity contribution in [3.63, 3.8) is 0 Å². The molecular formula is C15H21BrN2O2. The van der Waals surface area contributed by atoms with Crippen LogP contribution in [0.25, 0.3) is 0 Å². The van der Waals surface area contributed by atoms with E-state index < -0.39 is 0 Å². The molecule has 0 radical (unpaired) electrons. The molecule has 1 saturated carbocycles. The van der Waals surface area contributed by atoms with E-state index in [4.69, 9.17) is 0 Å². The normalized spacial score (nSPS) is 23.1. The summed E-state index contributed by atoms with van der Waals surface area (Å²) in [4.78, 5) is 10.5. The van der Waals surface area contributed by atoms with Crippen molar-refractivity contribution in [2.24, 2.45) is 5.92 Å². The van der Waals surface area contributed by atoms with Gasteiger partial charge in [0.1, 0.15) is 0 Å². The Kier molecular flexibility index (Phi) is 5.40. The number of halogens is 1. The van der Waals surface area contributed by atoms with Gasteiger partial charge < -0.3 is 5.32 Å². The minimum Gasteiger partial charge on any atom is -0.381 e. The molecule has 0 saturated heterocycles. The molecule has 2 atom stereocenters. The van der Waals surface area contributed by atoms with Gasteiger partial charge in [-0.2, -0.15) is 0 Å². The van der Waals surface area contributed by atoms with Gasteiger partial charge in [-0.05, 0) is 47.2 Å². The van der Waals surface area contributed by atoms with Gasteiger partial charge in [0.05, 0.1) is 10.6 Å². The molecule has 1 N–H and O–H groups in total. The second-order valence-electron chi connectivity index (χ2n) is 5.55. The second-order valence-corrected chi connectivity index (χ2v) is 6.40. The highest BCUT2D eigenvalue weighted by molar-refractivity contribution is 9.10. The summed E-state index contributed by atoms with van der Waals surface area (Å²) in [5, 5.41) is 14.3. The number of benzene rings is 1. The molecule has 0 aliphatic heterocycles. The Hall–Kier alpha value is -1.10. The summed E-state index contributed by atoms with van der Waals surface area (Å²) in [6.07, 6.45) is 7.35. The number of nitrogens with one attached hydrogen (secondary N) is 1. The van der Waals surface area contributed by atoms with E-state index in [-0.39, 0.29) is 10.6 Å². The van der Waals surface area contributed by atoms with Crippen LogP contribution in [0.1, 0.15) is 45.4 Å². The van der Waals surface area contributed by atoms with Crippen LogP contribution in [0.5, 0.6) is 0 Å². The summed E-state index contributed by atoms with van der Waals surface area (Å²) in [7, 11) is 0. The fraction of sp³-hybridized carbons (Fsp3) is 0.600. The molecular weight excluding hydrogens is 320 g/mol. The Morgan fingerprint density at radius 3 is 2.85 bits per heavy atom. The standard InChI is InChI=1S/C15H21BrN2O2/c1-2-11-4-3-5-12(7-6-11)17-15-10-13(18(19)20)8-9-14(15)16/h8-12,17H,2-7H2,1H3. The highest BCUT2D eigenvalue weighted by Crippen LogP contribution is 2.31. The first-order chi connectivity index (χ1) is 9.60. The largest absolute Gasteiger partial charge is 0.381 e. The molecule has 4 nitrogen and oxygen atoms in total. The molecule has 1 aromatic rings. The predicted octanol–water partition coefficient (Wildman–Crippen LogP) is 5.13. The summed E-state index contributed by atoms with van der Waals surface area (Å²) in [5.41, 5.74) is 0.968. The van der Waals surface area contributed by atoms with Crippen molar-refractivity contribution in [1.29, 1.82) is 0 Å². The highest BCUT2D eigenvalue weighted by atomic mass is 79.9. The van der Waals surface area contributed by atoms with Crippen LogP contribution in [-0.2, 0) is 0 Å². The van der Waals surface area contributed by atoms with E-state index in [0.29, 0.717) is 6.04 Å². The first-order valence-electron chi connectivity index (χ1n) is 7.30. The molecule has 0 amide bonds. The Morgan fingerprint density at radius 1 is 1.35 bits per heavy atom. The zero-order valence-electron chi connectivity index (χ0n) is 11.8. The van der Waals surface area contributed by atoms with E-state index in [1.54, 1.807) is 12.1 Å². The maximum Gasteiger partial charge on any atom is 0.271 e. The minimum atomic E-state index is -0.349. The fourth-order valence-electron chi connectivity index (χ4n) is 2.89. The van der Waals surface area contributed by atoms with Crippen LogP contribution in [-0.4, -0.2) is 11.0 Å². The Morgan fingerprint density at radius 2 is 2.15 bits per heavy atom. The number of hydrogen-bond donors (Lipinski definition) is 1. The summed E-state index contributed by atoms with van der Waals surface area (Å²) in [6.45, 7) is 2.26. The van der Waals surface area contributed by atoms with Crippen molar-refractivity contribution < 1.29 is 4.92 Å². The van der Waals surface area contributed by atoms with Gasteiger partial charge in [0.15, 0.2) is 0 Å². The lowest BCUT2D eigenvalue weighted by Crippen LogP contribution is -2.18. The molecule has 2 unspecified atom stereocenters. The first kappa shape index (κ1) is 15.3. The van der Waals surface area contributed by atoms with Crippen LogP contribution in [0.3, 0.4) is 0 Å². The lowest BCUT2D eigenvalue weighted by atomic mass is 9.98. The lowest BCUT2D eigenvalue weighted by Gasteiger charge is -2.19. The summed E-state index contributed by atoms with van der Waals surface area (Å²) < 4.78 is 0.888. The Bertz CT molecular complexity index is 479. The van der Waals surface area contributed by atoms with Gasteiger partial charge in [0.2, 0.25) is 0 Å². The van der Waals surface area contributed by atoms with Crippen LogP contribution in [0.15, 0.2) is 22.7 Å². The monoisotopic (exact) mass is 340 g/mol. The third-order valence-electron chi connectivity index (χ3n) is 4.19. The van der Waals surface area contributed by atoms with Crippen molar-refractivity contribution in [1.82, 2.24) is 0 Å². The van der Waals surface area contributed by atoms with Crippen LogP contribution in [0.4, 0.5) is 11.4 Å².